The van der Waals surface area contributed by atoms with E-state index in [-0.39, 0.29) is 6.42 Å². The topological polar surface area (TPSA) is 116 Å². The van der Waals surface area contributed by atoms with E-state index in [0.29, 0.717) is 41.3 Å². The number of benzene rings is 3. The molecule has 0 aliphatic carbocycles. The molecule has 1 saturated heterocycles. The van der Waals surface area contributed by atoms with Crippen molar-refractivity contribution in [2.45, 2.75) is 24.5 Å². The van der Waals surface area contributed by atoms with Crippen LogP contribution in [0, 0.1) is 0 Å². The van der Waals surface area contributed by atoms with Crippen molar-refractivity contribution < 1.29 is 19.1 Å². The van der Waals surface area contributed by atoms with Crippen molar-refractivity contribution in [2.75, 3.05) is 18.0 Å². The number of rotatable bonds is 5. The number of imide groups is 1. The molecule has 10 heteroatoms. The molecule has 192 valence electrons. The van der Waals surface area contributed by atoms with Crippen molar-refractivity contribution in [3.8, 4) is 0 Å². The molecule has 2 atom stereocenters. The zero-order chi connectivity index (χ0) is 26.3. The molecule has 0 bridgehead atoms. The Morgan fingerprint density at radius 2 is 1.97 bits per heavy atom. The Hall–Kier alpha value is -4.21. The third-order valence-corrected chi connectivity index (χ3v) is 7.32. The number of nitrogens with one attached hydrogen (secondary N) is 3. The van der Waals surface area contributed by atoms with Gasteiger partial charge in [-0.15, -0.1) is 0 Å². The lowest BCUT2D eigenvalue weighted by atomic mass is 9.89. The van der Waals surface area contributed by atoms with Gasteiger partial charge in [0, 0.05) is 40.9 Å². The number of ether oxygens (including phenoxy) is 1. The standard InChI is InChI=1S/C28H24ClN5O4/c29-20-7-9-24-21(14-20)28(10-11-30-16-28)38-27(37)34(24)26(36)23(12-17-4-2-1-3-5-17)32-25(35)18-6-8-22-19(13-18)15-31-33-22/h1-9,13-15,23,30H,10-12,16H2,(H,31,33)(H,32,35)/t23-,28?/m0/s1. The van der Waals surface area contributed by atoms with E-state index in [9.17, 15) is 14.4 Å². The maximum Gasteiger partial charge on any atom is 0.422 e. The lowest BCUT2D eigenvalue weighted by molar-refractivity contribution is -0.120. The predicted octanol–water partition coefficient (Wildman–Crippen LogP) is 3.93. The predicted molar refractivity (Wildman–Crippen MR) is 142 cm³/mol. The molecule has 2 aliphatic heterocycles. The molecular weight excluding hydrogens is 506 g/mol. The second-order valence-corrected chi connectivity index (χ2v) is 9.95. The summed E-state index contributed by atoms with van der Waals surface area (Å²) in [5, 5.41) is 14.2. The number of aromatic nitrogens is 2. The Bertz CT molecular complexity index is 1550. The average molecular weight is 530 g/mol. The number of anilines is 1. The Morgan fingerprint density at radius 3 is 2.76 bits per heavy atom. The Labute approximate surface area is 223 Å². The van der Waals surface area contributed by atoms with Crippen LogP contribution in [0.2, 0.25) is 5.02 Å². The van der Waals surface area contributed by atoms with E-state index in [1.807, 2.05) is 30.3 Å². The fourth-order valence-electron chi connectivity index (χ4n) is 5.16. The van der Waals surface area contributed by atoms with E-state index in [0.717, 1.165) is 21.4 Å². The Balaban J connectivity index is 1.36. The number of carbonyl (C=O) groups is 3. The minimum Gasteiger partial charge on any atom is -0.436 e. The number of aromatic amines is 1. The van der Waals surface area contributed by atoms with Crippen molar-refractivity contribution in [1.82, 2.24) is 20.8 Å². The largest absolute Gasteiger partial charge is 0.436 e. The first-order valence-corrected chi connectivity index (χ1v) is 12.7. The van der Waals surface area contributed by atoms with Gasteiger partial charge in [0.05, 0.1) is 17.4 Å². The van der Waals surface area contributed by atoms with Crippen molar-refractivity contribution in [2.24, 2.45) is 0 Å². The quantitative estimate of drug-likeness (QED) is 0.361. The van der Waals surface area contributed by atoms with Gasteiger partial charge in [0.25, 0.3) is 11.8 Å². The number of halogens is 1. The SMILES string of the molecule is O=C(N[C@@H](Cc1ccccc1)C(=O)N1C(=O)OC2(CCNC2)c2cc(Cl)ccc21)c1ccc2[nH]ncc2c1. The van der Waals surface area contributed by atoms with Crippen LogP contribution in [0.3, 0.4) is 0 Å². The van der Waals surface area contributed by atoms with Crippen molar-refractivity contribution in [1.29, 1.82) is 0 Å². The van der Waals surface area contributed by atoms with E-state index >= 15 is 0 Å². The monoisotopic (exact) mass is 529 g/mol. The van der Waals surface area contributed by atoms with Crippen molar-refractivity contribution >= 4 is 46.1 Å². The van der Waals surface area contributed by atoms with Gasteiger partial charge < -0.3 is 15.4 Å². The fourth-order valence-corrected chi connectivity index (χ4v) is 5.33. The highest BCUT2D eigenvalue weighted by Gasteiger charge is 2.49. The average Bonchev–Trinajstić information content (AvgIpc) is 3.59. The molecule has 6 rings (SSSR count). The molecule has 0 saturated carbocycles. The van der Waals surface area contributed by atoms with Crippen LogP contribution >= 0.6 is 11.6 Å². The van der Waals surface area contributed by atoms with E-state index < -0.39 is 29.6 Å². The maximum atomic E-state index is 14.0. The maximum absolute atomic E-state index is 14.0. The minimum atomic E-state index is -1.04. The van der Waals surface area contributed by atoms with Crippen LogP contribution in [-0.4, -0.2) is 47.2 Å². The highest BCUT2D eigenvalue weighted by molar-refractivity contribution is 6.31. The summed E-state index contributed by atoms with van der Waals surface area (Å²) in [5.41, 5.74) is 2.17. The van der Waals surface area contributed by atoms with Gasteiger partial charge in [0.2, 0.25) is 0 Å². The van der Waals surface area contributed by atoms with Crippen LogP contribution in [0.1, 0.15) is 27.9 Å². The molecule has 3 amide bonds. The summed E-state index contributed by atoms with van der Waals surface area (Å²) in [6.45, 7) is 1.09. The third kappa shape index (κ3) is 4.29. The molecule has 1 fully saturated rings. The summed E-state index contributed by atoms with van der Waals surface area (Å²) in [7, 11) is 0. The van der Waals surface area contributed by atoms with E-state index in [2.05, 4.69) is 20.8 Å². The molecule has 38 heavy (non-hydrogen) atoms. The third-order valence-electron chi connectivity index (χ3n) is 7.08. The molecule has 2 aliphatic rings. The van der Waals surface area contributed by atoms with Crippen LogP contribution in [0.4, 0.5) is 10.5 Å². The van der Waals surface area contributed by atoms with Gasteiger partial charge in [-0.05, 0) is 48.5 Å². The number of fused-ring (bicyclic) bond motifs is 3. The first-order valence-electron chi connectivity index (χ1n) is 12.3. The fraction of sp³-hybridized carbons (Fsp3) is 0.214. The minimum absolute atomic E-state index is 0.179. The summed E-state index contributed by atoms with van der Waals surface area (Å²) >= 11 is 6.31. The summed E-state index contributed by atoms with van der Waals surface area (Å²) in [6.07, 6.45) is 1.59. The first kappa shape index (κ1) is 24.1. The molecule has 3 heterocycles. The molecule has 0 radical (unpaired) electrons. The number of hydrogen-bond acceptors (Lipinski definition) is 6. The van der Waals surface area contributed by atoms with E-state index in [4.69, 9.17) is 16.3 Å². The second-order valence-electron chi connectivity index (χ2n) is 9.51. The summed E-state index contributed by atoms with van der Waals surface area (Å²) in [4.78, 5) is 41.8. The summed E-state index contributed by atoms with van der Waals surface area (Å²) in [6, 6.07) is 18.4. The number of nitrogens with zero attached hydrogens (tertiary/aromatic N) is 2. The van der Waals surface area contributed by atoms with Gasteiger partial charge in [-0.25, -0.2) is 9.69 Å². The molecular formula is C28H24ClN5O4. The molecule has 3 aromatic carbocycles. The number of H-pyrrole nitrogens is 1. The molecule has 4 aromatic rings. The van der Waals surface area contributed by atoms with Gasteiger partial charge in [0.1, 0.15) is 6.04 Å². The number of hydrogen-bond donors (Lipinski definition) is 3. The lowest BCUT2D eigenvalue weighted by Gasteiger charge is -2.40. The van der Waals surface area contributed by atoms with Gasteiger partial charge in [0.15, 0.2) is 5.60 Å². The van der Waals surface area contributed by atoms with Crippen molar-refractivity contribution in [3.63, 3.8) is 0 Å². The van der Waals surface area contributed by atoms with E-state index in [1.54, 1.807) is 42.6 Å². The highest BCUT2D eigenvalue weighted by Crippen LogP contribution is 2.44. The first-order chi connectivity index (χ1) is 18.4. The summed E-state index contributed by atoms with van der Waals surface area (Å²) in [5.74, 6) is -1.04. The molecule has 9 nitrogen and oxygen atoms in total. The molecule has 3 N–H and O–H groups in total. The van der Waals surface area contributed by atoms with Gasteiger partial charge in [-0.1, -0.05) is 41.9 Å². The van der Waals surface area contributed by atoms with Crippen molar-refractivity contribution in [3.05, 3.63) is 94.6 Å². The Kier molecular flexibility index (Phi) is 6.09. The summed E-state index contributed by atoms with van der Waals surface area (Å²) < 4.78 is 5.90. The van der Waals surface area contributed by atoms with Gasteiger partial charge in [-0.3, -0.25) is 14.7 Å². The smallest absolute Gasteiger partial charge is 0.422 e. The van der Waals surface area contributed by atoms with Crippen LogP contribution in [0.5, 0.6) is 0 Å². The molecule has 1 aromatic heterocycles. The molecule has 1 spiro atoms. The number of amides is 3. The zero-order valence-electron chi connectivity index (χ0n) is 20.2. The lowest BCUT2D eigenvalue weighted by Crippen LogP contribution is -2.56. The molecule has 1 unspecified atom stereocenters. The zero-order valence-corrected chi connectivity index (χ0v) is 21.0. The van der Waals surface area contributed by atoms with Crippen LogP contribution < -0.4 is 15.5 Å². The van der Waals surface area contributed by atoms with Gasteiger partial charge >= 0.3 is 6.09 Å². The van der Waals surface area contributed by atoms with Gasteiger partial charge in [-0.2, -0.15) is 5.10 Å². The highest BCUT2D eigenvalue weighted by atomic mass is 35.5. The second kappa shape index (κ2) is 9.59. The van der Waals surface area contributed by atoms with E-state index in [1.165, 1.54) is 0 Å². The number of carbonyl (C=O) groups excluding carboxylic acids is 3. The van der Waals surface area contributed by atoms with Crippen LogP contribution in [-0.2, 0) is 21.6 Å². The van der Waals surface area contributed by atoms with Crippen LogP contribution in [0.15, 0.2) is 72.9 Å². The van der Waals surface area contributed by atoms with Crippen LogP contribution in [0.25, 0.3) is 10.9 Å². The normalized spacial score (nSPS) is 19.3. The Morgan fingerprint density at radius 1 is 1.13 bits per heavy atom.